The van der Waals surface area contributed by atoms with E-state index in [1.807, 2.05) is 13.0 Å². The summed E-state index contributed by atoms with van der Waals surface area (Å²) < 4.78 is 13.5. The number of para-hydroxylation sites is 1. The molecule has 4 heteroatoms. The molecule has 1 aromatic carbocycles. The van der Waals surface area contributed by atoms with Crippen LogP contribution < -0.4 is 5.32 Å². The van der Waals surface area contributed by atoms with Crippen LogP contribution in [0.1, 0.15) is 11.1 Å². The second-order valence-corrected chi connectivity index (χ2v) is 4.16. The first kappa shape index (κ1) is 11.9. The van der Waals surface area contributed by atoms with Gasteiger partial charge in [0, 0.05) is 29.5 Å². The molecule has 88 valence electrons. The third-order valence-electron chi connectivity index (χ3n) is 2.52. The van der Waals surface area contributed by atoms with Crippen LogP contribution in [0.25, 0.3) is 0 Å². The molecule has 1 heterocycles. The molecule has 0 aliphatic carbocycles. The highest BCUT2D eigenvalue weighted by Crippen LogP contribution is 2.21. The third kappa shape index (κ3) is 2.74. The van der Waals surface area contributed by atoms with Gasteiger partial charge in [-0.1, -0.05) is 23.7 Å². The predicted octanol–water partition coefficient (Wildman–Crippen LogP) is 3.79. The van der Waals surface area contributed by atoms with Crippen molar-refractivity contribution in [2.45, 2.75) is 13.5 Å². The van der Waals surface area contributed by atoms with E-state index in [0.717, 1.165) is 11.1 Å². The maximum Gasteiger partial charge on any atom is 0.146 e. The fraction of sp³-hybridized carbons (Fsp3) is 0.154. The number of aryl methyl sites for hydroxylation is 1. The zero-order valence-electron chi connectivity index (χ0n) is 9.37. The number of rotatable bonds is 3. The van der Waals surface area contributed by atoms with Crippen molar-refractivity contribution in [3.63, 3.8) is 0 Å². The summed E-state index contributed by atoms with van der Waals surface area (Å²) in [6.07, 6.45) is 3.30. The minimum atomic E-state index is -0.259. The van der Waals surface area contributed by atoms with Gasteiger partial charge in [-0.25, -0.2) is 4.39 Å². The fourth-order valence-electron chi connectivity index (χ4n) is 1.58. The Labute approximate surface area is 104 Å². The summed E-state index contributed by atoms with van der Waals surface area (Å²) in [7, 11) is 0. The highest BCUT2D eigenvalue weighted by Gasteiger charge is 2.05. The molecular weight excluding hydrogens is 239 g/mol. The Balaban J connectivity index is 2.16. The predicted molar refractivity (Wildman–Crippen MR) is 67.7 cm³/mol. The van der Waals surface area contributed by atoms with Crippen LogP contribution in [0.15, 0.2) is 36.7 Å². The average molecular weight is 251 g/mol. The molecule has 2 nitrogen and oxygen atoms in total. The minimum absolute atomic E-state index is 0.259. The Kier molecular flexibility index (Phi) is 3.59. The normalized spacial score (nSPS) is 10.3. The number of halogens is 2. The van der Waals surface area contributed by atoms with E-state index in [1.165, 1.54) is 6.07 Å². The zero-order valence-corrected chi connectivity index (χ0v) is 10.1. The highest BCUT2D eigenvalue weighted by molar-refractivity contribution is 6.31. The van der Waals surface area contributed by atoms with Crippen molar-refractivity contribution in [2.75, 3.05) is 5.32 Å². The molecule has 17 heavy (non-hydrogen) atoms. The highest BCUT2D eigenvalue weighted by atomic mass is 35.5. The van der Waals surface area contributed by atoms with Crippen molar-refractivity contribution >= 4 is 17.3 Å². The van der Waals surface area contributed by atoms with Gasteiger partial charge in [0.15, 0.2) is 0 Å². The molecule has 0 saturated heterocycles. The smallest absolute Gasteiger partial charge is 0.146 e. The molecule has 2 aromatic rings. The Bertz CT molecular complexity index is 508. The van der Waals surface area contributed by atoms with Crippen molar-refractivity contribution in [2.24, 2.45) is 0 Å². The molecule has 0 unspecified atom stereocenters. The van der Waals surface area contributed by atoms with E-state index in [4.69, 9.17) is 11.6 Å². The Morgan fingerprint density at radius 3 is 2.88 bits per heavy atom. The van der Waals surface area contributed by atoms with Gasteiger partial charge in [-0.15, -0.1) is 0 Å². The lowest BCUT2D eigenvalue weighted by atomic mass is 10.2. The third-order valence-corrected chi connectivity index (χ3v) is 2.89. The van der Waals surface area contributed by atoms with Crippen LogP contribution in [0.2, 0.25) is 5.02 Å². The van der Waals surface area contributed by atoms with Crippen LogP contribution in [-0.2, 0) is 6.54 Å². The van der Waals surface area contributed by atoms with Crippen LogP contribution in [-0.4, -0.2) is 4.98 Å². The van der Waals surface area contributed by atoms with Crippen LogP contribution in [0, 0.1) is 12.7 Å². The van der Waals surface area contributed by atoms with Gasteiger partial charge >= 0.3 is 0 Å². The number of anilines is 1. The van der Waals surface area contributed by atoms with Crippen LogP contribution in [0.5, 0.6) is 0 Å². The lowest BCUT2D eigenvalue weighted by Crippen LogP contribution is -2.04. The maximum atomic E-state index is 13.5. The van der Waals surface area contributed by atoms with Crippen molar-refractivity contribution in [3.05, 3.63) is 58.6 Å². The molecule has 0 radical (unpaired) electrons. The van der Waals surface area contributed by atoms with Crippen LogP contribution >= 0.6 is 11.6 Å². The Morgan fingerprint density at radius 2 is 2.18 bits per heavy atom. The largest absolute Gasteiger partial charge is 0.378 e. The SMILES string of the molecule is Cc1cccc(F)c1NCc1cnccc1Cl. The van der Waals surface area contributed by atoms with Crippen molar-refractivity contribution in [3.8, 4) is 0 Å². The lowest BCUT2D eigenvalue weighted by Gasteiger charge is -2.11. The quantitative estimate of drug-likeness (QED) is 0.896. The molecule has 0 aliphatic heterocycles. The molecule has 1 N–H and O–H groups in total. The van der Waals surface area contributed by atoms with Crippen LogP contribution in [0.3, 0.4) is 0 Å². The van der Waals surface area contributed by atoms with Gasteiger partial charge in [-0.2, -0.15) is 0 Å². The summed E-state index contributed by atoms with van der Waals surface area (Å²) in [5, 5.41) is 3.67. The minimum Gasteiger partial charge on any atom is -0.378 e. The molecule has 0 aliphatic rings. The van der Waals surface area contributed by atoms with Gasteiger partial charge in [0.25, 0.3) is 0 Å². The second-order valence-electron chi connectivity index (χ2n) is 3.75. The summed E-state index contributed by atoms with van der Waals surface area (Å²) in [5.74, 6) is -0.259. The van der Waals surface area contributed by atoms with E-state index in [1.54, 1.807) is 24.5 Å². The van der Waals surface area contributed by atoms with E-state index in [2.05, 4.69) is 10.3 Å². The molecule has 0 amide bonds. The lowest BCUT2D eigenvalue weighted by molar-refractivity contribution is 0.629. The second kappa shape index (κ2) is 5.15. The molecule has 0 spiro atoms. The summed E-state index contributed by atoms with van der Waals surface area (Å²) in [6, 6.07) is 6.69. The number of hydrogen-bond donors (Lipinski definition) is 1. The molecule has 0 atom stereocenters. The first-order chi connectivity index (χ1) is 8.18. The fourth-order valence-corrected chi connectivity index (χ4v) is 1.75. The van der Waals surface area contributed by atoms with Crippen LogP contribution in [0.4, 0.5) is 10.1 Å². The van der Waals surface area contributed by atoms with Crippen molar-refractivity contribution in [1.82, 2.24) is 4.98 Å². The van der Waals surface area contributed by atoms with E-state index in [9.17, 15) is 4.39 Å². The first-order valence-corrected chi connectivity index (χ1v) is 5.63. The molecule has 0 saturated carbocycles. The zero-order chi connectivity index (χ0) is 12.3. The number of nitrogens with zero attached hydrogens (tertiary/aromatic N) is 1. The number of pyridine rings is 1. The molecule has 1 aromatic heterocycles. The van der Waals surface area contributed by atoms with Gasteiger partial charge in [0.05, 0.1) is 5.69 Å². The first-order valence-electron chi connectivity index (χ1n) is 5.26. The number of hydrogen-bond acceptors (Lipinski definition) is 2. The monoisotopic (exact) mass is 250 g/mol. The van der Waals surface area contributed by atoms with E-state index >= 15 is 0 Å². The number of benzene rings is 1. The van der Waals surface area contributed by atoms with Gasteiger partial charge in [0.1, 0.15) is 5.82 Å². The maximum absolute atomic E-state index is 13.5. The van der Waals surface area contributed by atoms with E-state index < -0.39 is 0 Å². The van der Waals surface area contributed by atoms with Gasteiger partial charge < -0.3 is 5.32 Å². The molecular formula is C13H12ClFN2. The standard InChI is InChI=1S/C13H12ClFN2/c1-9-3-2-4-12(15)13(9)17-8-10-7-16-6-5-11(10)14/h2-7,17H,8H2,1H3. The number of nitrogens with one attached hydrogen (secondary N) is 1. The summed E-state index contributed by atoms with van der Waals surface area (Å²) >= 11 is 6.00. The topological polar surface area (TPSA) is 24.9 Å². The van der Waals surface area contributed by atoms with E-state index in [0.29, 0.717) is 17.3 Å². The molecule has 2 rings (SSSR count). The Hall–Kier alpha value is -1.61. The van der Waals surface area contributed by atoms with E-state index in [-0.39, 0.29) is 5.82 Å². The van der Waals surface area contributed by atoms with Crippen molar-refractivity contribution in [1.29, 1.82) is 0 Å². The average Bonchev–Trinajstić information content (AvgIpc) is 2.30. The van der Waals surface area contributed by atoms with Crippen molar-refractivity contribution < 1.29 is 4.39 Å². The molecule has 0 fully saturated rings. The van der Waals surface area contributed by atoms with Gasteiger partial charge in [-0.3, -0.25) is 4.98 Å². The van der Waals surface area contributed by atoms with Gasteiger partial charge in [0.2, 0.25) is 0 Å². The Morgan fingerprint density at radius 1 is 1.35 bits per heavy atom. The summed E-state index contributed by atoms with van der Waals surface area (Å²) in [5.41, 5.74) is 2.22. The summed E-state index contributed by atoms with van der Waals surface area (Å²) in [6.45, 7) is 2.31. The molecule has 0 bridgehead atoms. The van der Waals surface area contributed by atoms with Gasteiger partial charge in [-0.05, 0) is 24.6 Å². The number of aromatic nitrogens is 1. The summed E-state index contributed by atoms with van der Waals surface area (Å²) in [4.78, 5) is 3.98.